The van der Waals surface area contributed by atoms with Crippen molar-refractivity contribution < 1.29 is 13.2 Å². The highest BCUT2D eigenvalue weighted by Crippen LogP contribution is 2.17. The standard InChI is InChI=1S/C16H32N4O3S/c1-18(2)24(22,23)17-12-15-8-7-11-20(13-15)16(21)14-19-9-5-3-4-6-10-19/h15,17H,3-14H2,1-2H3. The van der Waals surface area contributed by atoms with Gasteiger partial charge in [-0.3, -0.25) is 9.69 Å². The van der Waals surface area contributed by atoms with Gasteiger partial charge in [-0.05, 0) is 44.7 Å². The van der Waals surface area contributed by atoms with Crippen LogP contribution in [0.5, 0.6) is 0 Å². The van der Waals surface area contributed by atoms with Crippen molar-refractivity contribution >= 4 is 16.1 Å². The van der Waals surface area contributed by atoms with Crippen LogP contribution in [0.1, 0.15) is 38.5 Å². The molecule has 0 aromatic rings. The maximum atomic E-state index is 12.6. The number of hydrogen-bond donors (Lipinski definition) is 1. The van der Waals surface area contributed by atoms with Gasteiger partial charge in [0.15, 0.2) is 0 Å². The summed E-state index contributed by atoms with van der Waals surface area (Å²) in [5.74, 6) is 0.388. The van der Waals surface area contributed by atoms with E-state index in [-0.39, 0.29) is 11.8 Å². The third-order valence-corrected chi connectivity index (χ3v) is 6.46. The molecule has 1 atom stereocenters. The molecule has 2 fully saturated rings. The van der Waals surface area contributed by atoms with Crippen LogP contribution in [0.3, 0.4) is 0 Å². The van der Waals surface area contributed by atoms with Gasteiger partial charge >= 0.3 is 0 Å². The predicted molar refractivity (Wildman–Crippen MR) is 94.8 cm³/mol. The van der Waals surface area contributed by atoms with Gasteiger partial charge in [-0.2, -0.15) is 12.7 Å². The minimum Gasteiger partial charge on any atom is -0.341 e. The molecule has 1 unspecified atom stereocenters. The Morgan fingerprint density at radius 2 is 1.75 bits per heavy atom. The molecule has 0 aliphatic carbocycles. The molecule has 2 saturated heterocycles. The number of rotatable bonds is 6. The molecule has 0 radical (unpaired) electrons. The number of likely N-dealkylation sites (tertiary alicyclic amines) is 2. The third kappa shape index (κ3) is 5.98. The number of carbonyl (C=O) groups is 1. The summed E-state index contributed by atoms with van der Waals surface area (Å²) < 4.78 is 27.4. The topological polar surface area (TPSA) is 73.0 Å². The van der Waals surface area contributed by atoms with E-state index in [9.17, 15) is 13.2 Å². The summed E-state index contributed by atoms with van der Waals surface area (Å²) >= 11 is 0. The Kier molecular flexibility index (Phi) is 7.46. The zero-order valence-corrected chi connectivity index (χ0v) is 15.9. The molecule has 1 N–H and O–H groups in total. The Morgan fingerprint density at radius 1 is 1.08 bits per heavy atom. The predicted octanol–water partition coefficient (Wildman–Crippen LogP) is 0.497. The molecule has 24 heavy (non-hydrogen) atoms. The van der Waals surface area contributed by atoms with Gasteiger partial charge in [0.05, 0.1) is 6.54 Å². The summed E-state index contributed by atoms with van der Waals surface area (Å²) in [5, 5.41) is 0. The first-order valence-corrected chi connectivity index (χ1v) is 10.5. The van der Waals surface area contributed by atoms with Gasteiger partial charge in [0, 0.05) is 33.7 Å². The lowest BCUT2D eigenvalue weighted by atomic mass is 9.98. The van der Waals surface area contributed by atoms with Gasteiger partial charge < -0.3 is 4.90 Å². The van der Waals surface area contributed by atoms with Crippen LogP contribution in [0, 0.1) is 5.92 Å². The summed E-state index contributed by atoms with van der Waals surface area (Å²) in [5.41, 5.74) is 0. The van der Waals surface area contributed by atoms with Gasteiger partial charge in [-0.25, -0.2) is 4.72 Å². The third-order valence-electron chi connectivity index (χ3n) is 4.96. The Bertz CT molecular complexity index is 501. The van der Waals surface area contributed by atoms with Gasteiger partial charge in [0.25, 0.3) is 10.2 Å². The maximum absolute atomic E-state index is 12.6. The van der Waals surface area contributed by atoms with Crippen LogP contribution in [-0.2, 0) is 15.0 Å². The van der Waals surface area contributed by atoms with Crippen LogP contribution in [-0.4, -0.2) is 81.8 Å². The summed E-state index contributed by atoms with van der Waals surface area (Å²) in [6.45, 7) is 4.40. The van der Waals surface area contributed by atoms with E-state index in [1.165, 1.54) is 44.1 Å². The summed E-state index contributed by atoms with van der Waals surface area (Å²) in [6, 6.07) is 0. The van der Waals surface area contributed by atoms with Crippen molar-refractivity contribution in [3.05, 3.63) is 0 Å². The average molecular weight is 361 g/mol. The molecular weight excluding hydrogens is 328 g/mol. The number of amides is 1. The Labute approximate surface area is 146 Å². The van der Waals surface area contributed by atoms with Gasteiger partial charge in [-0.15, -0.1) is 0 Å². The number of hydrogen-bond acceptors (Lipinski definition) is 4. The van der Waals surface area contributed by atoms with Crippen LogP contribution in [0.2, 0.25) is 0 Å². The monoisotopic (exact) mass is 360 g/mol. The minimum absolute atomic E-state index is 0.192. The first-order valence-electron chi connectivity index (χ1n) is 9.06. The van der Waals surface area contributed by atoms with Crippen molar-refractivity contribution in [3.63, 3.8) is 0 Å². The molecule has 2 rings (SSSR count). The smallest absolute Gasteiger partial charge is 0.278 e. The van der Waals surface area contributed by atoms with E-state index in [1.807, 2.05) is 4.90 Å². The van der Waals surface area contributed by atoms with Crippen molar-refractivity contribution in [1.82, 2.24) is 18.8 Å². The fourth-order valence-corrected chi connectivity index (χ4v) is 4.10. The maximum Gasteiger partial charge on any atom is 0.278 e. The van der Waals surface area contributed by atoms with Crippen molar-refractivity contribution in [2.75, 3.05) is 53.4 Å². The second kappa shape index (κ2) is 9.12. The second-order valence-electron chi connectivity index (χ2n) is 7.17. The largest absolute Gasteiger partial charge is 0.341 e. The zero-order valence-electron chi connectivity index (χ0n) is 15.0. The van der Waals surface area contributed by atoms with E-state index in [1.54, 1.807) is 0 Å². The van der Waals surface area contributed by atoms with Gasteiger partial charge in [-0.1, -0.05) is 12.8 Å². The molecule has 0 spiro atoms. The Morgan fingerprint density at radius 3 is 2.38 bits per heavy atom. The molecule has 1 amide bonds. The molecule has 0 saturated carbocycles. The summed E-state index contributed by atoms with van der Waals surface area (Å²) in [7, 11) is -0.362. The molecule has 0 aromatic carbocycles. The lowest BCUT2D eigenvalue weighted by Crippen LogP contribution is -2.48. The minimum atomic E-state index is -3.39. The van der Waals surface area contributed by atoms with E-state index in [0.717, 1.165) is 32.5 Å². The molecule has 0 aromatic heterocycles. The van der Waals surface area contributed by atoms with Gasteiger partial charge in [0.1, 0.15) is 0 Å². The number of carbonyl (C=O) groups excluding carboxylic acids is 1. The first-order chi connectivity index (χ1) is 11.4. The van der Waals surface area contributed by atoms with E-state index < -0.39 is 10.2 Å². The summed E-state index contributed by atoms with van der Waals surface area (Å²) in [6.07, 6.45) is 6.80. The first kappa shape index (κ1) is 19.6. The lowest BCUT2D eigenvalue weighted by Gasteiger charge is -2.34. The molecular formula is C16H32N4O3S. The summed E-state index contributed by atoms with van der Waals surface area (Å²) in [4.78, 5) is 16.8. The van der Waals surface area contributed by atoms with Gasteiger partial charge in [0.2, 0.25) is 5.91 Å². The highest BCUT2D eigenvalue weighted by molar-refractivity contribution is 7.87. The number of nitrogens with one attached hydrogen (secondary N) is 1. The molecule has 8 heteroatoms. The lowest BCUT2D eigenvalue weighted by molar-refractivity contribution is -0.134. The fraction of sp³-hybridized carbons (Fsp3) is 0.938. The Hall–Kier alpha value is -0.700. The van der Waals surface area contributed by atoms with Crippen LogP contribution >= 0.6 is 0 Å². The van der Waals surface area contributed by atoms with E-state index in [4.69, 9.17) is 0 Å². The van der Waals surface area contributed by atoms with E-state index in [0.29, 0.717) is 19.6 Å². The van der Waals surface area contributed by atoms with Crippen molar-refractivity contribution in [2.24, 2.45) is 5.92 Å². The SMILES string of the molecule is CN(C)S(=O)(=O)NCC1CCCN(C(=O)CN2CCCCCC2)C1. The fourth-order valence-electron chi connectivity index (χ4n) is 3.40. The highest BCUT2D eigenvalue weighted by atomic mass is 32.2. The zero-order chi connectivity index (χ0) is 17.6. The van der Waals surface area contributed by atoms with Crippen LogP contribution in [0.15, 0.2) is 0 Å². The molecule has 2 aliphatic heterocycles. The Balaban J connectivity index is 1.80. The normalized spacial score (nSPS) is 24.1. The van der Waals surface area contributed by atoms with Crippen LogP contribution < -0.4 is 4.72 Å². The van der Waals surface area contributed by atoms with Crippen LogP contribution in [0.25, 0.3) is 0 Å². The van der Waals surface area contributed by atoms with Crippen molar-refractivity contribution in [3.8, 4) is 0 Å². The quantitative estimate of drug-likeness (QED) is 0.749. The van der Waals surface area contributed by atoms with Crippen molar-refractivity contribution in [1.29, 1.82) is 0 Å². The molecule has 140 valence electrons. The number of piperidine rings is 1. The van der Waals surface area contributed by atoms with Crippen molar-refractivity contribution in [2.45, 2.75) is 38.5 Å². The molecule has 2 heterocycles. The van der Waals surface area contributed by atoms with Crippen LogP contribution in [0.4, 0.5) is 0 Å². The molecule has 0 bridgehead atoms. The van der Waals surface area contributed by atoms with E-state index in [2.05, 4.69) is 9.62 Å². The average Bonchev–Trinajstić information content (AvgIpc) is 2.82. The highest BCUT2D eigenvalue weighted by Gasteiger charge is 2.26. The second-order valence-corrected chi connectivity index (χ2v) is 9.14. The molecule has 2 aliphatic rings. The molecule has 7 nitrogen and oxygen atoms in total. The number of nitrogens with zero attached hydrogens (tertiary/aromatic N) is 3. The van der Waals surface area contributed by atoms with E-state index >= 15 is 0 Å².